The van der Waals surface area contributed by atoms with E-state index in [4.69, 9.17) is 11.6 Å². The van der Waals surface area contributed by atoms with Crippen molar-refractivity contribution in [2.24, 2.45) is 10.2 Å². The minimum atomic E-state index is -1.26. The highest BCUT2D eigenvalue weighted by Crippen LogP contribution is 2.30. The van der Waals surface area contributed by atoms with Crippen LogP contribution in [0.2, 0.25) is 5.02 Å². The number of azo groups is 1. The fraction of sp³-hybridized carbons (Fsp3) is 0.0667. The monoisotopic (exact) mass is 330 g/mol. The Balaban J connectivity index is 2.17. The molecule has 0 spiro atoms. The minimum absolute atomic E-state index is 0.0165. The van der Waals surface area contributed by atoms with Crippen LogP contribution in [0.25, 0.3) is 5.65 Å². The molecular weight excluding hydrogens is 320 g/mol. The number of pyridine rings is 1. The Hall–Kier alpha value is -2.93. The van der Waals surface area contributed by atoms with Crippen LogP contribution in [-0.4, -0.2) is 25.6 Å². The number of rotatable bonds is 3. The van der Waals surface area contributed by atoms with Gasteiger partial charge in [0.25, 0.3) is 0 Å². The predicted octanol–water partition coefficient (Wildman–Crippen LogP) is 4.12. The number of hydrogen-bond donors (Lipinski definition) is 2. The molecule has 8 heteroatoms. The summed E-state index contributed by atoms with van der Waals surface area (Å²) >= 11 is 6.03. The molecular formula is C15H11ClN4O3. The number of carbonyl (C=O) groups is 1. The van der Waals surface area contributed by atoms with Crippen molar-refractivity contribution in [1.29, 1.82) is 0 Å². The number of aromatic nitrogens is 2. The first kappa shape index (κ1) is 15.0. The molecule has 116 valence electrons. The summed E-state index contributed by atoms with van der Waals surface area (Å²) in [6.07, 6.45) is 1.55. The number of imidazole rings is 1. The molecule has 0 saturated heterocycles. The van der Waals surface area contributed by atoms with Crippen LogP contribution < -0.4 is 0 Å². The maximum Gasteiger partial charge on any atom is 0.358 e. The van der Waals surface area contributed by atoms with Gasteiger partial charge in [0, 0.05) is 11.2 Å². The molecule has 2 heterocycles. The second-order valence-electron chi connectivity index (χ2n) is 4.76. The number of carboxylic acid groups (broad SMARTS) is 1. The van der Waals surface area contributed by atoms with E-state index in [2.05, 4.69) is 15.2 Å². The summed E-state index contributed by atoms with van der Waals surface area (Å²) in [7, 11) is 0. The quantitative estimate of drug-likeness (QED) is 0.705. The number of aromatic carboxylic acids is 1. The number of hydrogen-bond acceptors (Lipinski definition) is 5. The molecule has 23 heavy (non-hydrogen) atoms. The van der Waals surface area contributed by atoms with Crippen LogP contribution in [0, 0.1) is 6.92 Å². The maximum absolute atomic E-state index is 11.4. The van der Waals surface area contributed by atoms with Gasteiger partial charge < -0.3 is 10.2 Å². The van der Waals surface area contributed by atoms with E-state index >= 15 is 0 Å². The normalized spacial score (nSPS) is 11.4. The Morgan fingerprint density at radius 2 is 2.04 bits per heavy atom. The van der Waals surface area contributed by atoms with Crippen molar-refractivity contribution >= 4 is 34.7 Å². The van der Waals surface area contributed by atoms with Crippen LogP contribution in [0.4, 0.5) is 11.5 Å². The maximum atomic E-state index is 11.4. The Morgan fingerprint density at radius 3 is 2.78 bits per heavy atom. The van der Waals surface area contributed by atoms with E-state index in [1.165, 1.54) is 10.5 Å². The van der Waals surface area contributed by atoms with Crippen LogP contribution in [0.5, 0.6) is 5.75 Å². The predicted molar refractivity (Wildman–Crippen MR) is 84.2 cm³/mol. The zero-order valence-corrected chi connectivity index (χ0v) is 12.7. The first-order valence-corrected chi connectivity index (χ1v) is 6.97. The first-order chi connectivity index (χ1) is 11.0. The standard InChI is InChI=1S/C15H11ClN4O3/c1-8-9(16)4-2-5-10(8)18-19-14-12(15(22)23)17-13-11(21)6-3-7-20(13)14/h2-7,21H,1H3,(H,22,23). The largest absolute Gasteiger partial charge is 0.504 e. The second kappa shape index (κ2) is 5.69. The van der Waals surface area contributed by atoms with Crippen LogP contribution in [-0.2, 0) is 0 Å². The van der Waals surface area contributed by atoms with Gasteiger partial charge in [0.2, 0.25) is 0 Å². The summed E-state index contributed by atoms with van der Waals surface area (Å²) < 4.78 is 1.36. The third kappa shape index (κ3) is 2.62. The third-order valence-electron chi connectivity index (χ3n) is 3.30. The van der Waals surface area contributed by atoms with Gasteiger partial charge in [-0.15, -0.1) is 10.2 Å². The van der Waals surface area contributed by atoms with Crippen LogP contribution in [0.15, 0.2) is 46.8 Å². The van der Waals surface area contributed by atoms with Crippen molar-refractivity contribution in [2.75, 3.05) is 0 Å². The van der Waals surface area contributed by atoms with Crippen LogP contribution in [0.1, 0.15) is 16.1 Å². The molecule has 0 saturated carbocycles. The molecule has 0 radical (unpaired) electrons. The van der Waals surface area contributed by atoms with E-state index in [-0.39, 0.29) is 22.9 Å². The molecule has 3 rings (SSSR count). The van der Waals surface area contributed by atoms with Crippen molar-refractivity contribution in [1.82, 2.24) is 9.38 Å². The van der Waals surface area contributed by atoms with Crippen LogP contribution >= 0.6 is 11.6 Å². The molecule has 0 unspecified atom stereocenters. The number of fused-ring (bicyclic) bond motifs is 1. The van der Waals surface area contributed by atoms with E-state index in [0.717, 1.165) is 5.56 Å². The van der Waals surface area contributed by atoms with E-state index in [0.29, 0.717) is 10.7 Å². The summed E-state index contributed by atoms with van der Waals surface area (Å²) in [5, 5.41) is 27.7. The molecule has 0 bridgehead atoms. The lowest BCUT2D eigenvalue weighted by Gasteiger charge is -2.01. The molecule has 0 aliphatic heterocycles. The number of carboxylic acids is 1. The number of halogens is 1. The second-order valence-corrected chi connectivity index (χ2v) is 5.17. The number of benzene rings is 1. The van der Waals surface area contributed by atoms with Crippen molar-refractivity contribution < 1.29 is 15.0 Å². The molecule has 2 N–H and O–H groups in total. The van der Waals surface area contributed by atoms with Crippen LogP contribution in [0.3, 0.4) is 0 Å². The van der Waals surface area contributed by atoms with Gasteiger partial charge in [0.05, 0.1) is 5.69 Å². The molecule has 0 amide bonds. The molecule has 0 fully saturated rings. The van der Waals surface area contributed by atoms with E-state index in [1.807, 2.05) is 0 Å². The van der Waals surface area contributed by atoms with Gasteiger partial charge in [-0.2, -0.15) is 0 Å². The van der Waals surface area contributed by atoms with Crippen molar-refractivity contribution in [3.63, 3.8) is 0 Å². The molecule has 3 aromatic rings. The Kier molecular flexibility index (Phi) is 3.71. The lowest BCUT2D eigenvalue weighted by Crippen LogP contribution is -1.96. The van der Waals surface area contributed by atoms with Gasteiger partial charge in [0.1, 0.15) is 0 Å². The molecule has 1 aromatic carbocycles. The van der Waals surface area contributed by atoms with E-state index in [9.17, 15) is 15.0 Å². The van der Waals surface area contributed by atoms with Gasteiger partial charge in [-0.25, -0.2) is 9.78 Å². The Morgan fingerprint density at radius 1 is 1.26 bits per heavy atom. The summed E-state index contributed by atoms with van der Waals surface area (Å²) in [4.78, 5) is 15.3. The molecule has 0 aliphatic rings. The fourth-order valence-electron chi connectivity index (χ4n) is 2.09. The highest BCUT2D eigenvalue weighted by atomic mass is 35.5. The highest BCUT2D eigenvalue weighted by Gasteiger charge is 2.20. The Bertz CT molecular complexity index is 949. The van der Waals surface area contributed by atoms with E-state index < -0.39 is 5.97 Å². The van der Waals surface area contributed by atoms with Gasteiger partial charge in [-0.3, -0.25) is 4.40 Å². The fourth-order valence-corrected chi connectivity index (χ4v) is 2.26. The van der Waals surface area contributed by atoms with Gasteiger partial charge in [-0.1, -0.05) is 17.7 Å². The first-order valence-electron chi connectivity index (χ1n) is 6.59. The van der Waals surface area contributed by atoms with Gasteiger partial charge in [0.15, 0.2) is 22.9 Å². The van der Waals surface area contributed by atoms with Crippen molar-refractivity contribution in [2.45, 2.75) is 6.92 Å². The average molecular weight is 331 g/mol. The van der Waals surface area contributed by atoms with Crippen molar-refractivity contribution in [3.05, 3.63) is 52.8 Å². The minimum Gasteiger partial charge on any atom is -0.504 e. The zero-order valence-electron chi connectivity index (χ0n) is 11.9. The Labute approximate surface area is 135 Å². The highest BCUT2D eigenvalue weighted by molar-refractivity contribution is 6.31. The topological polar surface area (TPSA) is 99.5 Å². The number of nitrogens with zero attached hydrogens (tertiary/aromatic N) is 4. The zero-order chi connectivity index (χ0) is 16.6. The molecule has 0 aliphatic carbocycles. The smallest absolute Gasteiger partial charge is 0.358 e. The summed E-state index contributed by atoms with van der Waals surface area (Å²) in [6, 6.07) is 8.13. The SMILES string of the molecule is Cc1c(Cl)cccc1N=Nc1c(C(=O)O)nc2c(O)cccn12. The molecule has 0 atom stereocenters. The van der Waals surface area contributed by atoms with Crippen molar-refractivity contribution in [3.8, 4) is 5.75 Å². The average Bonchev–Trinajstić information content (AvgIpc) is 2.89. The van der Waals surface area contributed by atoms with E-state index in [1.54, 1.807) is 37.4 Å². The van der Waals surface area contributed by atoms with Gasteiger partial charge in [-0.05, 0) is 36.8 Å². The molecule has 2 aromatic heterocycles. The third-order valence-corrected chi connectivity index (χ3v) is 3.71. The number of aromatic hydroxyl groups is 1. The summed E-state index contributed by atoms with van der Waals surface area (Å²) in [5.74, 6) is -1.39. The lowest BCUT2D eigenvalue weighted by atomic mass is 10.2. The van der Waals surface area contributed by atoms with Gasteiger partial charge >= 0.3 is 5.97 Å². The summed E-state index contributed by atoms with van der Waals surface area (Å²) in [5.41, 5.74) is 1.05. The lowest BCUT2D eigenvalue weighted by molar-refractivity contribution is 0.0692. The summed E-state index contributed by atoms with van der Waals surface area (Å²) in [6.45, 7) is 1.79. The molecule has 7 nitrogen and oxygen atoms in total.